The molecule has 3 rings (SSSR count). The average Bonchev–Trinajstić information content (AvgIpc) is 3.32. The largest absolute Gasteiger partial charge is 0.465 e. The first-order valence-electron chi connectivity index (χ1n) is 10.9. The van der Waals surface area contributed by atoms with Crippen molar-refractivity contribution in [1.29, 1.82) is 0 Å². The molecule has 0 aliphatic heterocycles. The molecule has 0 saturated heterocycles. The molecule has 2 aromatic carbocycles. The zero-order valence-electron chi connectivity index (χ0n) is 19.3. The van der Waals surface area contributed by atoms with Crippen molar-refractivity contribution < 1.29 is 22.7 Å². The number of aromatic nitrogens is 1. The van der Waals surface area contributed by atoms with Crippen LogP contribution in [0.5, 0.6) is 0 Å². The number of unbranched alkanes of at least 4 members (excludes halogenated alkanes) is 1. The van der Waals surface area contributed by atoms with Crippen molar-refractivity contribution in [3.63, 3.8) is 0 Å². The molecule has 0 bridgehead atoms. The van der Waals surface area contributed by atoms with Gasteiger partial charge in [-0.2, -0.15) is 4.31 Å². The van der Waals surface area contributed by atoms with Crippen LogP contribution in [0.3, 0.4) is 0 Å². The lowest BCUT2D eigenvalue weighted by Gasteiger charge is -2.20. The second-order valence-electron chi connectivity index (χ2n) is 7.44. The summed E-state index contributed by atoms with van der Waals surface area (Å²) in [6.45, 7) is 4.68. The van der Waals surface area contributed by atoms with E-state index < -0.39 is 16.0 Å². The zero-order chi connectivity index (χ0) is 24.7. The van der Waals surface area contributed by atoms with E-state index in [-0.39, 0.29) is 10.8 Å². The van der Waals surface area contributed by atoms with Crippen molar-refractivity contribution in [3.05, 3.63) is 65.0 Å². The van der Waals surface area contributed by atoms with Crippen molar-refractivity contribution >= 4 is 38.4 Å². The first-order chi connectivity index (χ1) is 16.3. The molecular formula is C24H27N3O5S2. The van der Waals surface area contributed by atoms with E-state index in [4.69, 9.17) is 4.74 Å². The highest BCUT2D eigenvalue weighted by Gasteiger charge is 2.23. The number of methoxy groups -OCH3 is 1. The number of benzene rings is 2. The summed E-state index contributed by atoms with van der Waals surface area (Å²) < 4.78 is 31.8. The van der Waals surface area contributed by atoms with Crippen LogP contribution in [0.4, 0.5) is 5.13 Å². The van der Waals surface area contributed by atoms with Gasteiger partial charge in [-0.05, 0) is 42.8 Å². The Labute approximate surface area is 203 Å². The van der Waals surface area contributed by atoms with Crippen molar-refractivity contribution in [1.82, 2.24) is 9.29 Å². The maximum atomic E-state index is 12.8. The van der Waals surface area contributed by atoms with Crippen LogP contribution in [0.2, 0.25) is 0 Å². The molecule has 0 atom stereocenters. The number of esters is 1. The molecule has 0 radical (unpaired) electrons. The van der Waals surface area contributed by atoms with E-state index in [0.717, 1.165) is 18.4 Å². The molecule has 0 fully saturated rings. The molecule has 8 nitrogen and oxygen atoms in total. The Morgan fingerprint density at radius 1 is 1.03 bits per heavy atom. The third-order valence-electron chi connectivity index (χ3n) is 5.19. The third kappa shape index (κ3) is 5.88. The number of amides is 1. The lowest BCUT2D eigenvalue weighted by molar-refractivity contribution is 0.0600. The lowest BCUT2D eigenvalue weighted by atomic mass is 10.1. The summed E-state index contributed by atoms with van der Waals surface area (Å²) >= 11 is 1.27. The number of hydrogen-bond acceptors (Lipinski definition) is 7. The molecule has 10 heteroatoms. The van der Waals surface area contributed by atoms with Crippen LogP contribution < -0.4 is 5.32 Å². The molecule has 0 aliphatic carbocycles. The zero-order valence-corrected chi connectivity index (χ0v) is 20.9. The molecule has 0 aliphatic rings. The number of ether oxygens (including phenoxy) is 1. The average molecular weight is 502 g/mol. The second kappa shape index (κ2) is 11.4. The molecule has 3 aromatic rings. The minimum Gasteiger partial charge on any atom is -0.465 e. The van der Waals surface area contributed by atoms with Gasteiger partial charge in [-0.3, -0.25) is 10.1 Å². The number of hydrogen-bond donors (Lipinski definition) is 1. The Morgan fingerprint density at radius 2 is 1.68 bits per heavy atom. The van der Waals surface area contributed by atoms with Crippen LogP contribution in [-0.2, 0) is 14.8 Å². The predicted molar refractivity (Wildman–Crippen MR) is 133 cm³/mol. The van der Waals surface area contributed by atoms with E-state index in [1.807, 2.05) is 13.8 Å². The molecule has 0 spiro atoms. The van der Waals surface area contributed by atoms with Crippen LogP contribution >= 0.6 is 11.3 Å². The molecule has 1 amide bonds. The van der Waals surface area contributed by atoms with Crippen molar-refractivity contribution in [2.75, 3.05) is 25.5 Å². The standard InChI is InChI=1S/C24H27N3O5S2/c1-4-6-15-27(5-2)34(30,31)20-13-11-18(12-14-20)22(28)26-24-25-21(16-33-24)17-7-9-19(10-8-17)23(29)32-3/h7-14,16H,4-6,15H2,1-3H3,(H,25,26,28). The van der Waals surface area contributed by atoms with Gasteiger partial charge in [0.2, 0.25) is 10.0 Å². The van der Waals surface area contributed by atoms with Gasteiger partial charge in [0.25, 0.3) is 5.91 Å². The van der Waals surface area contributed by atoms with E-state index in [1.165, 1.54) is 47.0 Å². The summed E-state index contributed by atoms with van der Waals surface area (Å²) in [5.74, 6) is -0.802. The highest BCUT2D eigenvalue weighted by atomic mass is 32.2. The Kier molecular flexibility index (Phi) is 8.54. The van der Waals surface area contributed by atoms with E-state index in [2.05, 4.69) is 10.3 Å². The number of carbonyl (C=O) groups excluding carboxylic acids is 2. The minimum absolute atomic E-state index is 0.161. The van der Waals surface area contributed by atoms with E-state index in [1.54, 1.807) is 29.6 Å². The second-order valence-corrected chi connectivity index (χ2v) is 10.2. The first kappa shape index (κ1) is 25.5. The molecule has 0 unspecified atom stereocenters. The Morgan fingerprint density at radius 3 is 2.26 bits per heavy atom. The lowest BCUT2D eigenvalue weighted by Crippen LogP contribution is -2.31. The Bertz CT molecular complexity index is 1240. The fourth-order valence-corrected chi connectivity index (χ4v) is 5.44. The molecule has 180 valence electrons. The van der Waals surface area contributed by atoms with Gasteiger partial charge >= 0.3 is 5.97 Å². The quantitative estimate of drug-likeness (QED) is 0.405. The smallest absolute Gasteiger partial charge is 0.337 e. The number of rotatable bonds is 10. The summed E-state index contributed by atoms with van der Waals surface area (Å²) in [4.78, 5) is 28.8. The summed E-state index contributed by atoms with van der Waals surface area (Å²) in [5, 5.41) is 4.95. The fraction of sp³-hybridized carbons (Fsp3) is 0.292. The van der Waals surface area contributed by atoms with Gasteiger partial charge < -0.3 is 4.74 Å². The third-order valence-corrected chi connectivity index (χ3v) is 7.94. The number of carbonyl (C=O) groups is 2. The van der Waals surface area contributed by atoms with Gasteiger partial charge in [0, 0.05) is 29.6 Å². The number of sulfonamides is 1. The first-order valence-corrected chi connectivity index (χ1v) is 13.2. The van der Waals surface area contributed by atoms with Crippen molar-refractivity contribution in [2.45, 2.75) is 31.6 Å². The van der Waals surface area contributed by atoms with Crippen molar-refractivity contribution in [3.8, 4) is 11.3 Å². The van der Waals surface area contributed by atoms with Gasteiger partial charge in [-0.15, -0.1) is 11.3 Å². The molecule has 1 heterocycles. The fourth-order valence-electron chi connectivity index (χ4n) is 3.24. The molecular weight excluding hydrogens is 474 g/mol. The van der Waals surface area contributed by atoms with Gasteiger partial charge in [-0.1, -0.05) is 32.4 Å². The van der Waals surface area contributed by atoms with E-state index in [9.17, 15) is 18.0 Å². The minimum atomic E-state index is -3.60. The van der Waals surface area contributed by atoms with Crippen LogP contribution in [0, 0.1) is 0 Å². The van der Waals surface area contributed by atoms with E-state index >= 15 is 0 Å². The normalized spacial score (nSPS) is 11.4. The summed E-state index contributed by atoms with van der Waals surface area (Å²) in [7, 11) is -2.27. The van der Waals surface area contributed by atoms with Gasteiger partial charge in [-0.25, -0.2) is 18.2 Å². The highest BCUT2D eigenvalue weighted by Crippen LogP contribution is 2.26. The monoisotopic (exact) mass is 501 g/mol. The maximum Gasteiger partial charge on any atom is 0.337 e. The SMILES string of the molecule is CCCCN(CC)S(=O)(=O)c1ccc(C(=O)Nc2nc(-c3ccc(C(=O)OC)cc3)cs2)cc1. The molecule has 34 heavy (non-hydrogen) atoms. The van der Waals surface area contributed by atoms with Crippen LogP contribution in [0.15, 0.2) is 58.8 Å². The van der Waals surface area contributed by atoms with Crippen LogP contribution in [0.1, 0.15) is 47.4 Å². The van der Waals surface area contributed by atoms with Crippen LogP contribution in [-0.4, -0.2) is 49.8 Å². The Balaban J connectivity index is 1.68. The van der Waals surface area contributed by atoms with Crippen molar-refractivity contribution in [2.24, 2.45) is 0 Å². The van der Waals surface area contributed by atoms with Gasteiger partial charge in [0.05, 0.1) is 23.3 Å². The van der Waals surface area contributed by atoms with Gasteiger partial charge in [0.15, 0.2) is 5.13 Å². The number of nitrogens with one attached hydrogen (secondary N) is 1. The molecule has 0 saturated carbocycles. The predicted octanol–water partition coefficient (Wildman–Crippen LogP) is 4.66. The molecule has 1 N–H and O–H groups in total. The molecule has 1 aromatic heterocycles. The highest BCUT2D eigenvalue weighted by molar-refractivity contribution is 7.89. The van der Waals surface area contributed by atoms with Gasteiger partial charge in [0.1, 0.15) is 0 Å². The topological polar surface area (TPSA) is 106 Å². The maximum absolute atomic E-state index is 12.8. The summed E-state index contributed by atoms with van der Waals surface area (Å²) in [5.41, 5.74) is 2.22. The van der Waals surface area contributed by atoms with E-state index in [0.29, 0.717) is 35.0 Å². The number of anilines is 1. The number of thiazole rings is 1. The Hall–Kier alpha value is -3.08. The number of nitrogens with zero attached hydrogens (tertiary/aromatic N) is 2. The summed E-state index contributed by atoms with van der Waals surface area (Å²) in [6, 6.07) is 12.7. The summed E-state index contributed by atoms with van der Waals surface area (Å²) in [6.07, 6.45) is 1.70. The van der Waals surface area contributed by atoms with Crippen LogP contribution in [0.25, 0.3) is 11.3 Å².